The first-order chi connectivity index (χ1) is 10.4. The molecule has 0 aliphatic rings. The lowest BCUT2D eigenvalue weighted by Gasteiger charge is -2.12. The second-order valence-corrected chi connectivity index (χ2v) is 7.80. The van der Waals surface area contributed by atoms with Crippen molar-refractivity contribution in [2.45, 2.75) is 32.2 Å². The van der Waals surface area contributed by atoms with Gasteiger partial charge in [0.1, 0.15) is 0 Å². The van der Waals surface area contributed by atoms with Crippen LogP contribution < -0.4 is 5.32 Å². The zero-order chi connectivity index (χ0) is 16.2. The number of hydrogen-bond donors (Lipinski definition) is 1. The van der Waals surface area contributed by atoms with Crippen molar-refractivity contribution in [1.82, 2.24) is 5.32 Å². The number of rotatable bonds is 6. The maximum absolute atomic E-state index is 12.2. The molecular weight excluding hydrogens is 294 g/mol. The molecule has 2 rings (SSSR count). The molecule has 0 spiro atoms. The van der Waals surface area contributed by atoms with Gasteiger partial charge in [0.05, 0.1) is 10.6 Å². The summed E-state index contributed by atoms with van der Waals surface area (Å²) in [4.78, 5) is 0.388. The van der Waals surface area contributed by atoms with Crippen LogP contribution in [0.25, 0.3) is 0 Å². The predicted molar refractivity (Wildman–Crippen MR) is 90.9 cm³/mol. The van der Waals surface area contributed by atoms with Crippen molar-refractivity contribution in [2.24, 2.45) is 0 Å². The van der Waals surface area contributed by atoms with E-state index >= 15 is 0 Å². The summed E-state index contributed by atoms with van der Waals surface area (Å²) in [5.41, 5.74) is 5.00. The summed E-state index contributed by atoms with van der Waals surface area (Å²) in [6.45, 7) is 7.42. The topological polar surface area (TPSA) is 46.2 Å². The first kappa shape index (κ1) is 16.7. The maximum Gasteiger partial charge on any atom is 0.179 e. The molecule has 2 aromatic rings. The molecular formula is C18H23NO2S. The molecule has 0 aromatic heterocycles. The van der Waals surface area contributed by atoms with E-state index in [2.05, 4.69) is 38.2 Å². The van der Waals surface area contributed by atoms with E-state index in [1.165, 1.54) is 22.3 Å². The quantitative estimate of drug-likeness (QED) is 0.832. The number of aryl methyl sites for hydroxylation is 3. The second-order valence-electron chi connectivity index (χ2n) is 5.69. The summed E-state index contributed by atoms with van der Waals surface area (Å²) < 4.78 is 24.4. The molecule has 22 heavy (non-hydrogen) atoms. The first-order valence-electron chi connectivity index (χ1n) is 7.45. The third kappa shape index (κ3) is 4.18. The lowest BCUT2D eigenvalue weighted by atomic mass is 10.00. The van der Waals surface area contributed by atoms with Gasteiger partial charge in [-0.05, 0) is 49.6 Å². The van der Waals surface area contributed by atoms with Crippen molar-refractivity contribution in [1.29, 1.82) is 0 Å². The Morgan fingerprint density at radius 1 is 0.955 bits per heavy atom. The van der Waals surface area contributed by atoms with Crippen LogP contribution in [-0.2, 0) is 16.4 Å². The monoisotopic (exact) mass is 317 g/mol. The normalized spacial score (nSPS) is 11.6. The van der Waals surface area contributed by atoms with Crippen molar-refractivity contribution < 1.29 is 8.42 Å². The minimum atomic E-state index is -3.20. The van der Waals surface area contributed by atoms with Gasteiger partial charge in [-0.2, -0.15) is 0 Å². The molecule has 0 radical (unpaired) electrons. The molecule has 118 valence electrons. The minimum Gasteiger partial charge on any atom is -0.312 e. The van der Waals surface area contributed by atoms with Gasteiger partial charge in [-0.3, -0.25) is 0 Å². The van der Waals surface area contributed by atoms with Crippen molar-refractivity contribution in [3.05, 3.63) is 64.7 Å². The zero-order valence-electron chi connectivity index (χ0n) is 13.4. The van der Waals surface area contributed by atoms with Crippen molar-refractivity contribution in [3.63, 3.8) is 0 Å². The Balaban J connectivity index is 1.93. The SMILES string of the molecule is Cc1cc(C)c(CNCCS(=O)(=O)c2ccccc2)c(C)c1. The van der Waals surface area contributed by atoms with Crippen LogP contribution in [0.1, 0.15) is 22.3 Å². The van der Waals surface area contributed by atoms with Gasteiger partial charge < -0.3 is 5.32 Å². The molecule has 0 bridgehead atoms. The van der Waals surface area contributed by atoms with Gasteiger partial charge in [0.2, 0.25) is 0 Å². The number of benzene rings is 2. The van der Waals surface area contributed by atoms with Gasteiger partial charge in [0.15, 0.2) is 9.84 Å². The van der Waals surface area contributed by atoms with Gasteiger partial charge in [0.25, 0.3) is 0 Å². The highest BCUT2D eigenvalue weighted by atomic mass is 32.2. The summed E-state index contributed by atoms with van der Waals surface area (Å²) in [5.74, 6) is 0.112. The highest BCUT2D eigenvalue weighted by molar-refractivity contribution is 7.91. The molecule has 1 N–H and O–H groups in total. The molecule has 0 heterocycles. The van der Waals surface area contributed by atoms with Crippen LogP contribution >= 0.6 is 0 Å². The molecule has 0 aliphatic carbocycles. The van der Waals surface area contributed by atoms with Crippen LogP contribution in [0.3, 0.4) is 0 Å². The summed E-state index contributed by atoms with van der Waals surface area (Å²) in [5, 5.41) is 3.25. The smallest absolute Gasteiger partial charge is 0.179 e. The second kappa shape index (κ2) is 7.07. The molecule has 0 aliphatic heterocycles. The van der Waals surface area contributed by atoms with E-state index in [1.807, 2.05) is 6.07 Å². The van der Waals surface area contributed by atoms with Crippen molar-refractivity contribution in [2.75, 3.05) is 12.3 Å². The predicted octanol–water partition coefficient (Wildman–Crippen LogP) is 3.18. The summed E-state index contributed by atoms with van der Waals surface area (Å²) >= 11 is 0. The van der Waals surface area contributed by atoms with E-state index in [9.17, 15) is 8.42 Å². The van der Waals surface area contributed by atoms with Crippen LogP contribution in [0.2, 0.25) is 0 Å². The number of sulfone groups is 1. The van der Waals surface area contributed by atoms with E-state index in [0.29, 0.717) is 18.0 Å². The third-order valence-corrected chi connectivity index (χ3v) is 5.52. The Hall–Kier alpha value is -1.65. The molecule has 0 saturated heterocycles. The van der Waals surface area contributed by atoms with Gasteiger partial charge >= 0.3 is 0 Å². The fourth-order valence-electron chi connectivity index (χ4n) is 2.65. The Labute approximate surface area is 133 Å². The molecule has 2 aromatic carbocycles. The average Bonchev–Trinajstić information content (AvgIpc) is 2.46. The Morgan fingerprint density at radius 2 is 1.55 bits per heavy atom. The largest absolute Gasteiger partial charge is 0.312 e. The fourth-order valence-corrected chi connectivity index (χ4v) is 3.87. The van der Waals surface area contributed by atoms with Crippen molar-refractivity contribution in [3.8, 4) is 0 Å². The van der Waals surface area contributed by atoms with Crippen LogP contribution in [0.5, 0.6) is 0 Å². The Morgan fingerprint density at radius 3 is 2.14 bits per heavy atom. The highest BCUT2D eigenvalue weighted by Gasteiger charge is 2.13. The Kier molecular flexibility index (Phi) is 5.37. The maximum atomic E-state index is 12.2. The summed E-state index contributed by atoms with van der Waals surface area (Å²) in [6.07, 6.45) is 0. The van der Waals surface area contributed by atoms with E-state index in [0.717, 1.165) is 0 Å². The third-order valence-electron chi connectivity index (χ3n) is 3.79. The molecule has 4 heteroatoms. The highest BCUT2D eigenvalue weighted by Crippen LogP contribution is 2.16. The van der Waals surface area contributed by atoms with Crippen LogP contribution in [0.4, 0.5) is 0 Å². The van der Waals surface area contributed by atoms with Crippen molar-refractivity contribution >= 4 is 9.84 Å². The fraction of sp³-hybridized carbons (Fsp3) is 0.333. The van der Waals surface area contributed by atoms with E-state index < -0.39 is 9.84 Å². The van der Waals surface area contributed by atoms with Gasteiger partial charge in [-0.15, -0.1) is 0 Å². The van der Waals surface area contributed by atoms with Gasteiger partial charge in [-0.25, -0.2) is 8.42 Å². The van der Waals surface area contributed by atoms with E-state index in [4.69, 9.17) is 0 Å². The molecule has 3 nitrogen and oxygen atoms in total. The number of nitrogens with one attached hydrogen (secondary N) is 1. The first-order valence-corrected chi connectivity index (χ1v) is 9.10. The van der Waals surface area contributed by atoms with Gasteiger partial charge in [-0.1, -0.05) is 35.9 Å². The standard InChI is InChI=1S/C18H23NO2S/c1-14-11-15(2)18(16(3)12-14)13-19-9-10-22(20,21)17-7-5-4-6-8-17/h4-8,11-12,19H,9-10,13H2,1-3H3. The zero-order valence-corrected chi connectivity index (χ0v) is 14.2. The summed E-state index contributed by atoms with van der Waals surface area (Å²) in [7, 11) is -3.20. The average molecular weight is 317 g/mol. The van der Waals surface area contributed by atoms with Crippen LogP contribution in [0.15, 0.2) is 47.4 Å². The summed E-state index contributed by atoms with van der Waals surface area (Å²) in [6, 6.07) is 12.9. The Bertz CT molecular complexity index is 714. The van der Waals surface area contributed by atoms with E-state index in [1.54, 1.807) is 24.3 Å². The van der Waals surface area contributed by atoms with Crippen LogP contribution in [-0.4, -0.2) is 20.7 Å². The van der Waals surface area contributed by atoms with Crippen LogP contribution in [0, 0.1) is 20.8 Å². The molecule has 0 amide bonds. The minimum absolute atomic E-state index is 0.112. The van der Waals surface area contributed by atoms with E-state index in [-0.39, 0.29) is 5.75 Å². The lowest BCUT2D eigenvalue weighted by Crippen LogP contribution is -2.23. The molecule has 0 unspecified atom stereocenters. The lowest BCUT2D eigenvalue weighted by molar-refractivity contribution is 0.590. The molecule has 0 saturated carbocycles. The number of hydrogen-bond acceptors (Lipinski definition) is 3. The van der Waals surface area contributed by atoms with Gasteiger partial charge in [0, 0.05) is 13.1 Å². The molecule has 0 atom stereocenters. The molecule has 0 fully saturated rings.